The molecule has 0 saturated carbocycles. The first-order valence-electron chi connectivity index (χ1n) is 17.4. The van der Waals surface area contributed by atoms with Crippen LogP contribution in [0.25, 0.3) is 0 Å². The molecule has 0 bridgehead atoms. The van der Waals surface area contributed by atoms with Gasteiger partial charge in [0.15, 0.2) is 0 Å². The van der Waals surface area contributed by atoms with E-state index in [4.69, 9.17) is 61.0 Å². The van der Waals surface area contributed by atoms with Crippen molar-refractivity contribution in [3.05, 3.63) is 0 Å². The molecule has 1 saturated heterocycles. The molecular weight excluding hydrogens is 795 g/mol. The van der Waals surface area contributed by atoms with Gasteiger partial charge in [0.1, 0.15) is 6.61 Å². The van der Waals surface area contributed by atoms with E-state index in [9.17, 15) is 8.78 Å². The van der Waals surface area contributed by atoms with Crippen LogP contribution in [0.15, 0.2) is 0 Å². The molecule has 0 radical (unpaired) electrons. The lowest BCUT2D eigenvalue weighted by molar-refractivity contribution is -0.0622. The molecular formula is C28H68F2O14Si7. The summed E-state index contributed by atoms with van der Waals surface area (Å²) < 4.78 is 113. The highest BCUT2D eigenvalue weighted by molar-refractivity contribution is 6.94. The Hall–Kier alpha value is 0.818. The summed E-state index contributed by atoms with van der Waals surface area (Å²) in [5.41, 5.74) is 0. The van der Waals surface area contributed by atoms with Crippen molar-refractivity contribution in [2.24, 2.45) is 0 Å². The summed E-state index contributed by atoms with van der Waals surface area (Å²) >= 11 is 0. The van der Waals surface area contributed by atoms with Gasteiger partial charge in [-0.2, -0.15) is 0 Å². The Morgan fingerprint density at radius 1 is 0.451 bits per heavy atom. The van der Waals surface area contributed by atoms with E-state index in [2.05, 4.69) is 19.6 Å². The van der Waals surface area contributed by atoms with E-state index >= 15 is 0 Å². The normalized spacial score (nSPS) is 27.1. The van der Waals surface area contributed by atoms with Crippen molar-refractivity contribution in [2.45, 2.75) is 107 Å². The minimum absolute atomic E-state index is 0.154. The summed E-state index contributed by atoms with van der Waals surface area (Å²) in [6, 6.07) is 4.11. The van der Waals surface area contributed by atoms with Gasteiger partial charge in [0, 0.05) is 95.7 Å². The standard InChI is InChI=1S/C28H68F2O14Si7/c1-28(29,30)27-40-19-15-20-45(11)41-46(12,21-16-24-49(31-2,32-3)33-4)43-48(14,23-18-26-51(37-8,38-9)39-10)44-47(13,42-45)22-17-25-50(34-5,35-6)36-7/h15-27H2,1-14H3. The Labute approximate surface area is 313 Å². The van der Waals surface area contributed by atoms with Gasteiger partial charge in [-0.15, -0.1) is 0 Å². The highest BCUT2D eigenvalue weighted by atomic mass is 28.5. The zero-order valence-electron chi connectivity index (χ0n) is 33.7. The molecule has 1 rings (SSSR count). The highest BCUT2D eigenvalue weighted by Crippen LogP contribution is 2.40. The Morgan fingerprint density at radius 3 is 0.902 bits per heavy atom. The minimum atomic E-state index is -3.06. The molecule has 0 N–H and O–H groups in total. The van der Waals surface area contributed by atoms with Crippen LogP contribution in [0.2, 0.25) is 68.5 Å². The molecule has 51 heavy (non-hydrogen) atoms. The number of hydrogen-bond acceptors (Lipinski definition) is 14. The first-order valence-corrected chi connectivity index (χ1v) is 33.3. The maximum absolute atomic E-state index is 13.5. The molecule has 0 aromatic carbocycles. The molecule has 1 fully saturated rings. The van der Waals surface area contributed by atoms with Gasteiger partial charge in [0.25, 0.3) is 5.92 Å². The molecule has 306 valence electrons. The van der Waals surface area contributed by atoms with Crippen LogP contribution in [0.1, 0.15) is 32.6 Å². The third-order valence-corrected chi connectivity index (χ3v) is 36.5. The van der Waals surface area contributed by atoms with Crippen molar-refractivity contribution >= 4 is 60.7 Å². The van der Waals surface area contributed by atoms with Gasteiger partial charge in [-0.3, -0.25) is 0 Å². The lowest BCUT2D eigenvalue weighted by Crippen LogP contribution is -2.67. The fourth-order valence-electron chi connectivity index (χ4n) is 6.61. The fourth-order valence-corrected chi connectivity index (χ4v) is 36.1. The minimum Gasteiger partial charge on any atom is -0.416 e. The van der Waals surface area contributed by atoms with Crippen LogP contribution in [0.5, 0.6) is 0 Å². The summed E-state index contributed by atoms with van der Waals surface area (Å²) in [5.74, 6) is -2.91. The average molecular weight is 863 g/mol. The van der Waals surface area contributed by atoms with Crippen LogP contribution in [0.3, 0.4) is 0 Å². The number of hydrogen-bond donors (Lipinski definition) is 0. The van der Waals surface area contributed by atoms with Gasteiger partial charge in [-0.1, -0.05) is 0 Å². The first kappa shape index (κ1) is 49.8. The number of rotatable bonds is 27. The van der Waals surface area contributed by atoms with E-state index in [1.165, 1.54) is 0 Å². The third-order valence-electron chi connectivity index (χ3n) is 9.14. The molecule has 2 unspecified atom stereocenters. The summed E-state index contributed by atoms with van der Waals surface area (Å²) in [6.45, 7) is 8.61. The predicted molar refractivity (Wildman–Crippen MR) is 205 cm³/mol. The molecule has 0 amide bonds. The summed E-state index contributed by atoms with van der Waals surface area (Å²) in [5, 5.41) is 0. The topological polar surface area (TPSA) is 129 Å². The number of ether oxygens (including phenoxy) is 1. The molecule has 23 heteroatoms. The fraction of sp³-hybridized carbons (Fsp3) is 1.00. The van der Waals surface area contributed by atoms with E-state index in [0.717, 1.165) is 6.92 Å². The predicted octanol–water partition coefficient (Wildman–Crippen LogP) is 6.22. The van der Waals surface area contributed by atoms with Gasteiger partial charge < -0.3 is 61.0 Å². The molecule has 14 nitrogen and oxygen atoms in total. The number of alkyl halides is 2. The van der Waals surface area contributed by atoms with Gasteiger partial charge >= 0.3 is 60.7 Å². The van der Waals surface area contributed by atoms with Crippen LogP contribution in [-0.2, 0) is 61.0 Å². The Morgan fingerprint density at radius 2 is 0.686 bits per heavy atom. The van der Waals surface area contributed by atoms with Crippen molar-refractivity contribution < 1.29 is 69.8 Å². The monoisotopic (exact) mass is 862 g/mol. The maximum atomic E-state index is 13.5. The van der Waals surface area contributed by atoms with Crippen molar-refractivity contribution in [3.8, 4) is 0 Å². The largest absolute Gasteiger partial charge is 0.500 e. The summed E-state index contributed by atoms with van der Waals surface area (Å²) in [6.07, 6.45) is 2.52. The number of halogens is 2. The van der Waals surface area contributed by atoms with Crippen molar-refractivity contribution in [2.75, 3.05) is 77.2 Å². The van der Waals surface area contributed by atoms with Crippen molar-refractivity contribution in [1.82, 2.24) is 0 Å². The van der Waals surface area contributed by atoms with Crippen molar-refractivity contribution in [1.29, 1.82) is 0 Å². The average Bonchev–Trinajstić information content (AvgIpc) is 3.06. The van der Waals surface area contributed by atoms with Gasteiger partial charge in [-0.05, 0) is 76.0 Å². The van der Waals surface area contributed by atoms with Gasteiger partial charge in [0.05, 0.1) is 0 Å². The molecule has 0 aromatic rings. The second kappa shape index (κ2) is 21.9. The molecule has 0 aliphatic carbocycles. The second-order valence-corrected chi connectivity index (χ2v) is 37.2. The lowest BCUT2D eigenvalue weighted by Gasteiger charge is -2.50. The van der Waals surface area contributed by atoms with E-state index in [1.807, 2.05) is 6.55 Å². The molecule has 2 atom stereocenters. The molecule has 1 aliphatic rings. The Balaban J connectivity index is 3.54. The highest BCUT2D eigenvalue weighted by Gasteiger charge is 2.57. The second-order valence-electron chi connectivity index (χ2n) is 13.6. The van der Waals surface area contributed by atoms with Gasteiger partial charge in [-0.25, -0.2) is 8.78 Å². The van der Waals surface area contributed by atoms with E-state index in [1.54, 1.807) is 64.0 Å². The SMILES string of the molecule is CO[Si](CCC[Si]1(C)O[Si](C)(CCCOCC(C)(F)F)O[Si](C)(CCC[Si](OC)(OC)OC)O[Si](C)(CCC[Si](OC)(OC)OC)O1)(OC)OC. The van der Waals surface area contributed by atoms with Gasteiger partial charge in [0.2, 0.25) is 0 Å². The maximum Gasteiger partial charge on any atom is 0.500 e. The zero-order chi connectivity index (χ0) is 39.1. The van der Waals surface area contributed by atoms with Crippen molar-refractivity contribution in [3.63, 3.8) is 0 Å². The third kappa shape index (κ3) is 16.4. The quantitative estimate of drug-likeness (QED) is 0.0685. The molecule has 1 aliphatic heterocycles. The molecule has 1 heterocycles. The molecule has 0 aromatic heterocycles. The van der Waals surface area contributed by atoms with Crippen LogP contribution < -0.4 is 0 Å². The zero-order valence-corrected chi connectivity index (χ0v) is 40.7. The molecule has 0 spiro atoms. The van der Waals surface area contributed by atoms with Crippen LogP contribution in [0.4, 0.5) is 8.78 Å². The summed E-state index contributed by atoms with van der Waals surface area (Å²) in [4.78, 5) is 0. The van der Waals surface area contributed by atoms with Crippen LogP contribution >= 0.6 is 0 Å². The van der Waals surface area contributed by atoms with E-state index in [-0.39, 0.29) is 6.61 Å². The summed E-state index contributed by atoms with van der Waals surface area (Å²) in [7, 11) is -6.30. The van der Waals surface area contributed by atoms with Crippen LogP contribution in [0, 0.1) is 0 Å². The smallest absolute Gasteiger partial charge is 0.416 e. The van der Waals surface area contributed by atoms with E-state index in [0.29, 0.717) is 68.0 Å². The van der Waals surface area contributed by atoms with Crippen LogP contribution in [-0.4, -0.2) is 144 Å². The first-order chi connectivity index (χ1) is 23.7. The lowest BCUT2D eigenvalue weighted by atomic mass is 10.4. The Kier molecular flexibility index (Phi) is 21.4. The Bertz CT molecular complexity index is 914. The van der Waals surface area contributed by atoms with E-state index < -0.39 is 73.2 Å².